The van der Waals surface area contributed by atoms with E-state index >= 15 is 0 Å². The summed E-state index contributed by atoms with van der Waals surface area (Å²) in [7, 11) is 3.95. The zero-order valence-corrected chi connectivity index (χ0v) is 17.0. The maximum absolute atomic E-state index is 13.0. The van der Waals surface area contributed by atoms with E-state index in [1.807, 2.05) is 31.6 Å². The van der Waals surface area contributed by atoms with Crippen molar-refractivity contribution in [2.75, 3.05) is 26.0 Å². The molecule has 2 aromatic carbocycles. The van der Waals surface area contributed by atoms with Crippen molar-refractivity contribution in [2.45, 2.75) is 6.04 Å². The van der Waals surface area contributed by atoms with Gasteiger partial charge in [-0.1, -0.05) is 12.1 Å². The Labute approximate surface area is 173 Å². The van der Waals surface area contributed by atoms with E-state index in [1.165, 1.54) is 29.1 Å². The molecule has 0 aliphatic rings. The van der Waals surface area contributed by atoms with E-state index in [-0.39, 0.29) is 17.9 Å². The minimum absolute atomic E-state index is 0.0836. The maximum atomic E-state index is 13.0. The van der Waals surface area contributed by atoms with Crippen molar-refractivity contribution in [3.8, 4) is 0 Å². The standard InChI is InChI=1S/C22H22FN3O2S/c1-26(2)19(20-7-4-12-29-20)14-24-21(27)16-5-3-6-18(13-16)25-22(28)15-8-10-17(23)11-9-15/h3-13,19H,14H2,1-2H3,(H,24,27)(H,25,28). The van der Waals surface area contributed by atoms with Crippen LogP contribution >= 0.6 is 11.3 Å². The molecule has 0 saturated heterocycles. The van der Waals surface area contributed by atoms with Crippen LogP contribution in [0.3, 0.4) is 0 Å². The summed E-state index contributed by atoms with van der Waals surface area (Å²) in [4.78, 5) is 28.1. The Hall–Kier alpha value is -3.03. The molecule has 0 aliphatic carbocycles. The highest BCUT2D eigenvalue weighted by Gasteiger charge is 2.17. The van der Waals surface area contributed by atoms with Crippen LogP contribution in [0.25, 0.3) is 0 Å². The van der Waals surface area contributed by atoms with Crippen LogP contribution in [-0.2, 0) is 0 Å². The number of hydrogen-bond donors (Lipinski definition) is 2. The Morgan fingerprint density at radius 1 is 1.00 bits per heavy atom. The second-order valence-electron chi connectivity index (χ2n) is 6.75. The van der Waals surface area contributed by atoms with Crippen LogP contribution in [-0.4, -0.2) is 37.4 Å². The molecule has 29 heavy (non-hydrogen) atoms. The molecule has 5 nitrogen and oxygen atoms in total. The first-order valence-electron chi connectivity index (χ1n) is 9.09. The fourth-order valence-electron chi connectivity index (χ4n) is 2.85. The third-order valence-corrected chi connectivity index (χ3v) is 5.41. The number of halogens is 1. The molecule has 0 saturated carbocycles. The zero-order chi connectivity index (χ0) is 20.8. The highest BCUT2D eigenvalue weighted by molar-refractivity contribution is 7.10. The van der Waals surface area contributed by atoms with Crippen LogP contribution in [0.4, 0.5) is 10.1 Å². The molecule has 3 rings (SSSR count). The number of hydrogen-bond acceptors (Lipinski definition) is 4. The maximum Gasteiger partial charge on any atom is 0.255 e. The van der Waals surface area contributed by atoms with Gasteiger partial charge in [0.05, 0.1) is 6.04 Å². The second-order valence-corrected chi connectivity index (χ2v) is 7.73. The third-order valence-electron chi connectivity index (χ3n) is 4.44. The Balaban J connectivity index is 1.64. The average Bonchev–Trinajstić information content (AvgIpc) is 3.23. The molecule has 0 radical (unpaired) electrons. The quantitative estimate of drug-likeness (QED) is 0.613. The molecule has 0 aliphatic heterocycles. The minimum Gasteiger partial charge on any atom is -0.350 e. The van der Waals surface area contributed by atoms with Crippen molar-refractivity contribution in [3.05, 3.63) is 87.9 Å². The first-order valence-corrected chi connectivity index (χ1v) is 9.97. The Kier molecular flexibility index (Phi) is 6.74. The van der Waals surface area contributed by atoms with Gasteiger partial charge in [-0.05, 0) is 68.0 Å². The van der Waals surface area contributed by atoms with Crippen molar-refractivity contribution in [3.63, 3.8) is 0 Å². The summed E-state index contributed by atoms with van der Waals surface area (Å²) in [6.45, 7) is 0.471. The Morgan fingerprint density at radius 3 is 2.41 bits per heavy atom. The number of carbonyl (C=O) groups excluding carboxylic acids is 2. The average molecular weight is 412 g/mol. The molecule has 2 N–H and O–H groups in total. The Bertz CT molecular complexity index is 972. The van der Waals surface area contributed by atoms with E-state index in [9.17, 15) is 14.0 Å². The van der Waals surface area contributed by atoms with Crippen molar-refractivity contribution in [2.24, 2.45) is 0 Å². The SMILES string of the molecule is CN(C)C(CNC(=O)c1cccc(NC(=O)c2ccc(F)cc2)c1)c1cccs1. The second kappa shape index (κ2) is 9.45. The van der Waals surface area contributed by atoms with Crippen LogP contribution in [0, 0.1) is 5.82 Å². The predicted octanol–water partition coefficient (Wildman–Crippen LogP) is 4.17. The van der Waals surface area contributed by atoms with E-state index in [4.69, 9.17) is 0 Å². The summed E-state index contributed by atoms with van der Waals surface area (Å²) >= 11 is 1.65. The number of anilines is 1. The van der Waals surface area contributed by atoms with Crippen LogP contribution in [0.2, 0.25) is 0 Å². The highest BCUT2D eigenvalue weighted by Crippen LogP contribution is 2.22. The molecule has 7 heteroatoms. The van der Waals surface area contributed by atoms with Crippen LogP contribution < -0.4 is 10.6 Å². The fourth-order valence-corrected chi connectivity index (χ4v) is 3.78. The topological polar surface area (TPSA) is 61.4 Å². The number of thiophene rings is 1. The van der Waals surface area contributed by atoms with E-state index in [2.05, 4.69) is 15.5 Å². The number of amides is 2. The number of nitrogens with zero attached hydrogens (tertiary/aromatic N) is 1. The first kappa shape index (κ1) is 20.7. The van der Waals surface area contributed by atoms with Gasteiger partial charge < -0.3 is 15.5 Å². The van der Waals surface area contributed by atoms with E-state index in [0.29, 0.717) is 23.4 Å². The predicted molar refractivity (Wildman–Crippen MR) is 114 cm³/mol. The molecular weight excluding hydrogens is 389 g/mol. The molecule has 1 atom stereocenters. The number of likely N-dealkylation sites (N-methyl/N-ethyl adjacent to an activating group) is 1. The molecule has 1 heterocycles. The Morgan fingerprint density at radius 2 is 1.76 bits per heavy atom. The minimum atomic E-state index is -0.404. The lowest BCUT2D eigenvalue weighted by Gasteiger charge is -2.23. The van der Waals surface area contributed by atoms with Gasteiger partial charge in [0, 0.05) is 28.2 Å². The molecular formula is C22H22FN3O2S. The van der Waals surface area contributed by atoms with Gasteiger partial charge in [0.2, 0.25) is 0 Å². The fraction of sp³-hybridized carbons (Fsp3) is 0.182. The zero-order valence-electron chi connectivity index (χ0n) is 16.2. The van der Waals surface area contributed by atoms with E-state index < -0.39 is 5.82 Å². The van der Waals surface area contributed by atoms with Gasteiger partial charge in [0.1, 0.15) is 5.82 Å². The highest BCUT2D eigenvalue weighted by atomic mass is 32.1. The molecule has 1 aromatic heterocycles. The smallest absolute Gasteiger partial charge is 0.255 e. The molecule has 1 unspecified atom stereocenters. The first-order chi connectivity index (χ1) is 13.9. The normalized spacial score (nSPS) is 11.9. The lowest BCUT2D eigenvalue weighted by atomic mass is 10.1. The van der Waals surface area contributed by atoms with Gasteiger partial charge in [-0.15, -0.1) is 11.3 Å². The number of benzene rings is 2. The number of rotatable bonds is 7. The van der Waals surface area contributed by atoms with E-state index in [1.54, 1.807) is 35.6 Å². The van der Waals surface area contributed by atoms with Crippen molar-refractivity contribution in [1.82, 2.24) is 10.2 Å². The molecule has 0 fully saturated rings. The molecule has 0 spiro atoms. The molecule has 0 bridgehead atoms. The van der Waals surface area contributed by atoms with Crippen LogP contribution in [0.15, 0.2) is 66.0 Å². The van der Waals surface area contributed by atoms with Gasteiger partial charge in [0.15, 0.2) is 0 Å². The molecule has 2 amide bonds. The van der Waals surface area contributed by atoms with Gasteiger partial charge >= 0.3 is 0 Å². The molecule has 150 valence electrons. The van der Waals surface area contributed by atoms with Gasteiger partial charge in [-0.3, -0.25) is 9.59 Å². The van der Waals surface area contributed by atoms with Crippen LogP contribution in [0.5, 0.6) is 0 Å². The number of carbonyl (C=O) groups is 2. The van der Waals surface area contributed by atoms with E-state index in [0.717, 1.165) is 0 Å². The third kappa shape index (κ3) is 5.49. The van der Waals surface area contributed by atoms with Gasteiger partial charge in [-0.2, -0.15) is 0 Å². The lowest BCUT2D eigenvalue weighted by molar-refractivity contribution is 0.0941. The van der Waals surface area contributed by atoms with Gasteiger partial charge in [-0.25, -0.2) is 4.39 Å². The summed E-state index contributed by atoms with van der Waals surface area (Å²) in [5, 5.41) is 7.70. The van der Waals surface area contributed by atoms with Gasteiger partial charge in [0.25, 0.3) is 11.8 Å². The summed E-state index contributed by atoms with van der Waals surface area (Å²) in [6.07, 6.45) is 0. The van der Waals surface area contributed by atoms with Crippen molar-refractivity contribution in [1.29, 1.82) is 0 Å². The van der Waals surface area contributed by atoms with Crippen LogP contribution in [0.1, 0.15) is 31.6 Å². The summed E-state index contributed by atoms with van der Waals surface area (Å²) in [6, 6.07) is 16.1. The largest absolute Gasteiger partial charge is 0.350 e. The van der Waals surface area contributed by atoms with Crippen molar-refractivity contribution < 1.29 is 14.0 Å². The summed E-state index contributed by atoms with van der Waals surface area (Å²) in [5.74, 6) is -0.988. The number of nitrogens with one attached hydrogen (secondary N) is 2. The molecule has 3 aromatic rings. The summed E-state index contributed by atoms with van der Waals surface area (Å²) in [5.41, 5.74) is 1.28. The lowest BCUT2D eigenvalue weighted by Crippen LogP contribution is -2.34. The monoisotopic (exact) mass is 411 g/mol. The summed E-state index contributed by atoms with van der Waals surface area (Å²) < 4.78 is 13.0. The van der Waals surface area contributed by atoms with Crippen molar-refractivity contribution >= 4 is 28.8 Å².